The fourth-order valence-electron chi connectivity index (χ4n) is 2.94. The Labute approximate surface area is 140 Å². The topological polar surface area (TPSA) is 56.5 Å². The Morgan fingerprint density at radius 2 is 2.08 bits per heavy atom. The highest BCUT2D eigenvalue weighted by Crippen LogP contribution is 2.27. The molecule has 3 aromatic rings. The number of benzene rings is 1. The number of carbonyl (C=O) groups is 1. The molecule has 0 radical (unpaired) electrons. The molecule has 0 aliphatic rings. The molecule has 0 fully saturated rings. The van der Waals surface area contributed by atoms with Crippen LogP contribution >= 0.6 is 0 Å². The SMILES string of the molecule is C=CCc1c(OC)nc2nc(-c3ccccc3C=O)cn2c1CC. The van der Waals surface area contributed by atoms with Crippen molar-refractivity contribution in [2.24, 2.45) is 0 Å². The molecule has 0 saturated heterocycles. The fraction of sp³-hybridized carbons (Fsp3) is 0.211. The van der Waals surface area contributed by atoms with Crippen LogP contribution < -0.4 is 4.74 Å². The van der Waals surface area contributed by atoms with Crippen LogP contribution in [0.2, 0.25) is 0 Å². The number of fused-ring (bicyclic) bond motifs is 1. The van der Waals surface area contributed by atoms with Crippen LogP contribution in [0.5, 0.6) is 5.88 Å². The Balaban J connectivity index is 2.28. The van der Waals surface area contributed by atoms with Gasteiger partial charge in [-0.25, -0.2) is 4.98 Å². The molecule has 0 atom stereocenters. The molecule has 0 aliphatic heterocycles. The first kappa shape index (κ1) is 15.9. The average Bonchev–Trinajstić information content (AvgIpc) is 3.04. The molecule has 0 amide bonds. The summed E-state index contributed by atoms with van der Waals surface area (Å²) < 4.78 is 7.41. The number of aryl methyl sites for hydroxylation is 1. The average molecular weight is 321 g/mol. The van der Waals surface area contributed by atoms with Crippen molar-refractivity contribution in [1.82, 2.24) is 14.4 Å². The smallest absolute Gasteiger partial charge is 0.237 e. The van der Waals surface area contributed by atoms with Gasteiger partial charge in [-0.1, -0.05) is 37.3 Å². The van der Waals surface area contributed by atoms with Crippen molar-refractivity contribution in [2.75, 3.05) is 7.11 Å². The van der Waals surface area contributed by atoms with Crippen LogP contribution in [0.3, 0.4) is 0 Å². The Morgan fingerprint density at radius 1 is 1.29 bits per heavy atom. The van der Waals surface area contributed by atoms with E-state index in [0.717, 1.165) is 35.2 Å². The Morgan fingerprint density at radius 3 is 2.75 bits per heavy atom. The van der Waals surface area contributed by atoms with Gasteiger partial charge in [0.25, 0.3) is 0 Å². The van der Waals surface area contributed by atoms with Crippen molar-refractivity contribution in [3.8, 4) is 17.1 Å². The van der Waals surface area contributed by atoms with E-state index in [1.54, 1.807) is 13.2 Å². The van der Waals surface area contributed by atoms with Crippen molar-refractivity contribution in [2.45, 2.75) is 19.8 Å². The first-order valence-electron chi connectivity index (χ1n) is 7.83. The minimum absolute atomic E-state index is 0.562. The second kappa shape index (κ2) is 6.66. The maximum atomic E-state index is 11.3. The van der Waals surface area contributed by atoms with Gasteiger partial charge in [0.1, 0.15) is 0 Å². The van der Waals surface area contributed by atoms with E-state index >= 15 is 0 Å². The summed E-state index contributed by atoms with van der Waals surface area (Å²) in [6.07, 6.45) is 6.09. The lowest BCUT2D eigenvalue weighted by Crippen LogP contribution is -2.06. The van der Waals surface area contributed by atoms with Crippen LogP contribution in [0.25, 0.3) is 17.0 Å². The molecule has 3 rings (SSSR count). The van der Waals surface area contributed by atoms with Gasteiger partial charge >= 0.3 is 0 Å². The summed E-state index contributed by atoms with van der Waals surface area (Å²) in [7, 11) is 1.61. The Bertz CT molecular complexity index is 912. The lowest BCUT2D eigenvalue weighted by molar-refractivity contribution is 0.112. The van der Waals surface area contributed by atoms with Crippen LogP contribution in [0.15, 0.2) is 43.1 Å². The highest BCUT2D eigenvalue weighted by atomic mass is 16.5. The lowest BCUT2D eigenvalue weighted by Gasteiger charge is -2.12. The van der Waals surface area contributed by atoms with Gasteiger partial charge < -0.3 is 4.74 Å². The molecule has 5 heteroatoms. The number of methoxy groups -OCH3 is 1. The number of nitrogens with zero attached hydrogens (tertiary/aromatic N) is 3. The molecule has 1 aromatic carbocycles. The molecule has 24 heavy (non-hydrogen) atoms. The summed E-state index contributed by atoms with van der Waals surface area (Å²) in [6, 6.07) is 7.40. The number of carbonyl (C=O) groups excluding carboxylic acids is 1. The number of ether oxygens (including phenoxy) is 1. The third kappa shape index (κ3) is 2.58. The Hall–Kier alpha value is -2.95. The number of allylic oxidation sites excluding steroid dienone is 1. The van der Waals surface area contributed by atoms with Gasteiger partial charge in [0.15, 0.2) is 6.29 Å². The third-order valence-corrected chi connectivity index (χ3v) is 4.03. The lowest BCUT2D eigenvalue weighted by atomic mass is 10.1. The summed E-state index contributed by atoms with van der Waals surface area (Å²) in [5.41, 5.74) is 4.22. The van der Waals surface area contributed by atoms with Gasteiger partial charge in [-0.2, -0.15) is 4.98 Å². The van der Waals surface area contributed by atoms with E-state index in [1.807, 2.05) is 34.9 Å². The number of rotatable bonds is 6. The first-order chi connectivity index (χ1) is 11.7. The predicted octanol–water partition coefficient (Wildman–Crippen LogP) is 3.51. The molecule has 0 unspecified atom stereocenters. The number of hydrogen-bond donors (Lipinski definition) is 0. The highest BCUT2D eigenvalue weighted by molar-refractivity contribution is 5.86. The normalized spacial score (nSPS) is 10.8. The molecule has 0 aliphatic carbocycles. The highest BCUT2D eigenvalue weighted by Gasteiger charge is 2.17. The molecule has 2 aromatic heterocycles. The predicted molar refractivity (Wildman–Crippen MR) is 93.6 cm³/mol. The molecule has 0 saturated carbocycles. The quantitative estimate of drug-likeness (QED) is 0.515. The van der Waals surface area contributed by atoms with Gasteiger partial charge in [-0.15, -0.1) is 6.58 Å². The third-order valence-electron chi connectivity index (χ3n) is 4.03. The zero-order valence-electron chi connectivity index (χ0n) is 13.8. The Kier molecular flexibility index (Phi) is 4.42. The van der Waals surface area contributed by atoms with Crippen molar-refractivity contribution < 1.29 is 9.53 Å². The van der Waals surface area contributed by atoms with Crippen molar-refractivity contribution in [3.63, 3.8) is 0 Å². The summed E-state index contributed by atoms with van der Waals surface area (Å²) >= 11 is 0. The van der Waals surface area contributed by atoms with Gasteiger partial charge in [0.05, 0.1) is 12.8 Å². The number of aromatic nitrogens is 3. The molecule has 0 bridgehead atoms. The van der Waals surface area contributed by atoms with Crippen LogP contribution in [-0.2, 0) is 12.8 Å². The number of aldehydes is 1. The minimum atomic E-state index is 0.562. The standard InChI is InChI=1S/C19H19N3O2/c1-4-8-15-17(5-2)22-11-16(20-19(22)21-18(15)24-3)14-10-7-6-9-13(14)12-23/h4,6-7,9-12H,1,5,8H2,2-3H3. The van der Waals surface area contributed by atoms with E-state index in [9.17, 15) is 4.79 Å². The molecular formula is C19H19N3O2. The number of imidazole rings is 1. The minimum Gasteiger partial charge on any atom is -0.481 e. The monoisotopic (exact) mass is 321 g/mol. The zero-order valence-corrected chi connectivity index (χ0v) is 13.8. The van der Waals surface area contributed by atoms with Crippen molar-refractivity contribution >= 4 is 12.1 Å². The van der Waals surface area contributed by atoms with E-state index in [0.29, 0.717) is 23.6 Å². The second-order valence-electron chi connectivity index (χ2n) is 5.39. The molecular weight excluding hydrogens is 302 g/mol. The molecule has 5 nitrogen and oxygen atoms in total. The molecule has 0 spiro atoms. The van der Waals surface area contributed by atoms with Crippen molar-refractivity contribution in [1.29, 1.82) is 0 Å². The van der Waals surface area contributed by atoms with Gasteiger partial charge in [0, 0.05) is 28.6 Å². The van der Waals surface area contributed by atoms with E-state index in [-0.39, 0.29) is 0 Å². The molecule has 2 heterocycles. The fourth-order valence-corrected chi connectivity index (χ4v) is 2.94. The van der Waals surface area contributed by atoms with Gasteiger partial charge in [0.2, 0.25) is 11.7 Å². The van der Waals surface area contributed by atoms with Crippen LogP contribution in [0.4, 0.5) is 0 Å². The molecule has 122 valence electrons. The second-order valence-corrected chi connectivity index (χ2v) is 5.39. The first-order valence-corrected chi connectivity index (χ1v) is 7.83. The maximum absolute atomic E-state index is 11.3. The van der Waals surface area contributed by atoms with Crippen LogP contribution in [0, 0.1) is 0 Å². The van der Waals surface area contributed by atoms with E-state index in [2.05, 4.69) is 23.5 Å². The van der Waals surface area contributed by atoms with Gasteiger partial charge in [-0.05, 0) is 12.8 Å². The summed E-state index contributed by atoms with van der Waals surface area (Å²) in [4.78, 5) is 20.4. The van der Waals surface area contributed by atoms with Crippen LogP contribution in [-0.4, -0.2) is 27.8 Å². The van der Waals surface area contributed by atoms with E-state index < -0.39 is 0 Å². The summed E-state index contributed by atoms with van der Waals surface area (Å²) in [6.45, 7) is 5.90. The van der Waals surface area contributed by atoms with E-state index in [1.165, 1.54) is 0 Å². The molecule has 0 N–H and O–H groups in total. The van der Waals surface area contributed by atoms with E-state index in [4.69, 9.17) is 4.74 Å². The zero-order chi connectivity index (χ0) is 17.1. The summed E-state index contributed by atoms with van der Waals surface area (Å²) in [5.74, 6) is 1.13. The van der Waals surface area contributed by atoms with Gasteiger partial charge in [-0.3, -0.25) is 9.20 Å². The number of hydrogen-bond acceptors (Lipinski definition) is 4. The summed E-state index contributed by atoms with van der Waals surface area (Å²) in [5, 5.41) is 0. The largest absolute Gasteiger partial charge is 0.481 e. The maximum Gasteiger partial charge on any atom is 0.237 e. The van der Waals surface area contributed by atoms with Crippen LogP contribution in [0.1, 0.15) is 28.5 Å². The van der Waals surface area contributed by atoms with Crippen molar-refractivity contribution in [3.05, 3.63) is 59.9 Å².